The Morgan fingerprint density at radius 1 is 1.05 bits per heavy atom. The second kappa shape index (κ2) is 11.9. The molecule has 0 unspecified atom stereocenters. The molecule has 212 valence electrons. The van der Waals surface area contributed by atoms with Crippen LogP contribution in [0, 0.1) is 18.3 Å². The van der Waals surface area contributed by atoms with E-state index in [1.807, 2.05) is 30.3 Å². The lowest BCUT2D eigenvalue weighted by molar-refractivity contribution is -0.148. The lowest BCUT2D eigenvalue weighted by atomic mass is 9.93. The fourth-order valence-corrected chi connectivity index (χ4v) is 5.63. The highest BCUT2D eigenvalue weighted by molar-refractivity contribution is 5.76. The molecule has 2 aliphatic heterocycles. The van der Waals surface area contributed by atoms with E-state index in [1.54, 1.807) is 12.3 Å². The molecule has 8 heteroatoms. The summed E-state index contributed by atoms with van der Waals surface area (Å²) in [5, 5.41) is 9.27. The molecule has 42 heavy (non-hydrogen) atoms. The van der Waals surface area contributed by atoms with E-state index in [0.717, 1.165) is 56.2 Å². The first kappa shape index (κ1) is 27.3. The second-order valence-corrected chi connectivity index (χ2v) is 10.5. The highest BCUT2D eigenvalue weighted by atomic mass is 16.6. The van der Waals surface area contributed by atoms with Crippen LogP contribution in [0.5, 0.6) is 17.2 Å². The molecule has 0 N–H and O–H groups in total. The summed E-state index contributed by atoms with van der Waals surface area (Å²) in [6.07, 6.45) is 3.79. The van der Waals surface area contributed by atoms with Crippen molar-refractivity contribution in [3.8, 4) is 34.4 Å². The van der Waals surface area contributed by atoms with E-state index in [1.165, 1.54) is 13.3 Å². The zero-order valence-electron chi connectivity index (χ0n) is 23.6. The Morgan fingerprint density at radius 3 is 2.74 bits per heavy atom. The Labute approximate surface area is 245 Å². The number of hydrogen-bond acceptors (Lipinski definition) is 8. The number of carbonyl (C=O) groups excluding carboxylic acids is 1. The fraction of sp³-hybridized carbons (Fsp3) is 0.265. The third-order valence-electron chi connectivity index (χ3n) is 7.88. The number of esters is 1. The van der Waals surface area contributed by atoms with E-state index in [0.29, 0.717) is 44.9 Å². The SMILES string of the molecule is COC(=O)[C@@H]1Cc2ccc(OCc3cccc(-c4ccc5c(c4)OCCO5)c3C)cc2CN1Cc1cncc(C#N)c1. The van der Waals surface area contributed by atoms with Crippen LogP contribution in [0.1, 0.15) is 33.4 Å². The van der Waals surface area contributed by atoms with Crippen LogP contribution >= 0.6 is 0 Å². The molecule has 3 aromatic carbocycles. The van der Waals surface area contributed by atoms with Crippen molar-refractivity contribution in [2.24, 2.45) is 0 Å². The average molecular weight is 562 g/mol. The quantitative estimate of drug-likeness (QED) is 0.278. The van der Waals surface area contributed by atoms with Crippen molar-refractivity contribution in [2.75, 3.05) is 20.3 Å². The Balaban J connectivity index is 1.20. The molecule has 0 radical (unpaired) electrons. The molecule has 1 aromatic heterocycles. The standard InChI is InChI=1S/C34H31N3O5/c1-22-27(4-3-5-30(22)26-7-9-32-33(15-26)41-11-10-40-32)21-42-29-8-6-25-14-31(34(38)39-2)37(20-28(25)13-29)19-24-12-23(16-35)17-36-18-24/h3-9,12-13,15,17-18,31H,10-11,14,19-21H2,1-2H3/t31-/m0/s1. The predicted molar refractivity (Wildman–Crippen MR) is 156 cm³/mol. The zero-order valence-corrected chi connectivity index (χ0v) is 23.6. The van der Waals surface area contributed by atoms with Crippen LogP contribution < -0.4 is 14.2 Å². The second-order valence-electron chi connectivity index (χ2n) is 10.5. The lowest BCUT2D eigenvalue weighted by Gasteiger charge is -2.35. The van der Waals surface area contributed by atoms with Gasteiger partial charge in [-0.1, -0.05) is 30.3 Å². The minimum absolute atomic E-state index is 0.279. The number of methoxy groups -OCH3 is 1. The Hall–Kier alpha value is -4.87. The highest BCUT2D eigenvalue weighted by Gasteiger charge is 2.32. The summed E-state index contributed by atoms with van der Waals surface area (Å²) in [4.78, 5) is 18.9. The minimum atomic E-state index is -0.425. The van der Waals surface area contributed by atoms with Gasteiger partial charge in [0, 0.05) is 25.5 Å². The van der Waals surface area contributed by atoms with E-state index in [4.69, 9.17) is 18.9 Å². The summed E-state index contributed by atoms with van der Waals surface area (Å²) < 4.78 is 22.9. The molecule has 1 atom stereocenters. The molecule has 3 heterocycles. The summed E-state index contributed by atoms with van der Waals surface area (Å²) in [5.74, 6) is 2.03. The lowest BCUT2D eigenvalue weighted by Crippen LogP contribution is -2.45. The number of hydrogen-bond donors (Lipinski definition) is 0. The third kappa shape index (κ3) is 5.65. The Morgan fingerprint density at radius 2 is 1.90 bits per heavy atom. The first-order chi connectivity index (χ1) is 20.5. The monoisotopic (exact) mass is 561 g/mol. The van der Waals surface area contributed by atoms with Gasteiger partial charge < -0.3 is 18.9 Å². The van der Waals surface area contributed by atoms with Gasteiger partial charge in [0.15, 0.2) is 11.5 Å². The molecule has 8 nitrogen and oxygen atoms in total. The molecular weight excluding hydrogens is 530 g/mol. The van der Waals surface area contributed by atoms with Crippen LogP contribution in [-0.2, 0) is 35.6 Å². The summed E-state index contributed by atoms with van der Waals surface area (Å²) >= 11 is 0. The number of pyridine rings is 1. The Bertz CT molecular complexity index is 1680. The summed E-state index contributed by atoms with van der Waals surface area (Å²) in [6.45, 7) is 4.67. The maximum absolute atomic E-state index is 12.7. The van der Waals surface area contributed by atoms with Crippen LogP contribution in [0.25, 0.3) is 11.1 Å². The molecule has 0 saturated carbocycles. The van der Waals surface area contributed by atoms with Crippen molar-refractivity contribution in [1.29, 1.82) is 5.26 Å². The normalized spacial score (nSPS) is 15.8. The molecule has 0 fully saturated rings. The molecule has 6 rings (SSSR count). The van der Waals surface area contributed by atoms with Gasteiger partial charge in [-0.15, -0.1) is 0 Å². The maximum Gasteiger partial charge on any atom is 0.323 e. The van der Waals surface area contributed by atoms with Crippen LogP contribution in [0.2, 0.25) is 0 Å². The van der Waals surface area contributed by atoms with Crippen LogP contribution in [-0.4, -0.2) is 42.2 Å². The van der Waals surface area contributed by atoms with Gasteiger partial charge in [0.1, 0.15) is 37.7 Å². The smallest absolute Gasteiger partial charge is 0.323 e. The predicted octanol–water partition coefficient (Wildman–Crippen LogP) is 5.38. The number of carbonyl (C=O) groups is 1. The molecule has 0 saturated heterocycles. The van der Waals surface area contributed by atoms with Gasteiger partial charge in [-0.3, -0.25) is 14.7 Å². The molecule has 0 aliphatic carbocycles. The van der Waals surface area contributed by atoms with E-state index >= 15 is 0 Å². The molecule has 0 bridgehead atoms. The molecule has 0 spiro atoms. The van der Waals surface area contributed by atoms with Gasteiger partial charge in [-0.25, -0.2) is 0 Å². The minimum Gasteiger partial charge on any atom is -0.489 e. The van der Waals surface area contributed by atoms with E-state index in [-0.39, 0.29) is 5.97 Å². The van der Waals surface area contributed by atoms with E-state index in [9.17, 15) is 10.1 Å². The first-order valence-electron chi connectivity index (χ1n) is 13.9. The van der Waals surface area contributed by atoms with Crippen molar-refractivity contribution in [1.82, 2.24) is 9.88 Å². The van der Waals surface area contributed by atoms with Gasteiger partial charge in [-0.2, -0.15) is 5.26 Å². The molecule has 2 aliphatic rings. The molecular formula is C34H31N3O5. The third-order valence-corrected chi connectivity index (χ3v) is 7.88. The van der Waals surface area contributed by atoms with Gasteiger partial charge in [0.05, 0.1) is 12.7 Å². The van der Waals surface area contributed by atoms with Gasteiger partial charge in [-0.05, 0) is 82.6 Å². The Kier molecular flexibility index (Phi) is 7.76. The number of aromatic nitrogens is 1. The summed E-state index contributed by atoms with van der Waals surface area (Å²) in [6, 6.07) is 21.9. The van der Waals surface area contributed by atoms with Crippen LogP contribution in [0.3, 0.4) is 0 Å². The number of nitrogens with zero attached hydrogens (tertiary/aromatic N) is 3. The number of ether oxygens (including phenoxy) is 4. The molecule has 4 aromatic rings. The number of benzene rings is 3. The van der Waals surface area contributed by atoms with Crippen LogP contribution in [0.4, 0.5) is 0 Å². The number of nitriles is 1. The largest absolute Gasteiger partial charge is 0.489 e. The van der Waals surface area contributed by atoms with Crippen molar-refractivity contribution < 1.29 is 23.7 Å². The molecule has 0 amide bonds. The fourth-order valence-electron chi connectivity index (χ4n) is 5.63. The van der Waals surface area contributed by atoms with E-state index in [2.05, 4.69) is 47.1 Å². The van der Waals surface area contributed by atoms with Gasteiger partial charge in [0.25, 0.3) is 0 Å². The zero-order chi connectivity index (χ0) is 29.1. The van der Waals surface area contributed by atoms with Crippen LogP contribution in [0.15, 0.2) is 73.1 Å². The van der Waals surface area contributed by atoms with Gasteiger partial charge >= 0.3 is 5.97 Å². The maximum atomic E-state index is 12.7. The van der Waals surface area contributed by atoms with Gasteiger partial charge in [0.2, 0.25) is 0 Å². The topological polar surface area (TPSA) is 93.9 Å². The summed E-state index contributed by atoms with van der Waals surface area (Å²) in [5.41, 5.74) is 7.98. The number of rotatable bonds is 7. The highest BCUT2D eigenvalue weighted by Crippen LogP contribution is 2.36. The average Bonchev–Trinajstić information content (AvgIpc) is 3.03. The van der Waals surface area contributed by atoms with Crippen molar-refractivity contribution in [2.45, 2.75) is 39.1 Å². The van der Waals surface area contributed by atoms with Crippen molar-refractivity contribution in [3.63, 3.8) is 0 Å². The van der Waals surface area contributed by atoms with E-state index < -0.39 is 6.04 Å². The van der Waals surface area contributed by atoms with Crippen molar-refractivity contribution in [3.05, 3.63) is 106 Å². The number of fused-ring (bicyclic) bond motifs is 2. The summed E-state index contributed by atoms with van der Waals surface area (Å²) in [7, 11) is 1.41. The van der Waals surface area contributed by atoms with Crippen molar-refractivity contribution >= 4 is 5.97 Å². The first-order valence-corrected chi connectivity index (χ1v) is 13.9.